The lowest BCUT2D eigenvalue weighted by Gasteiger charge is -2.00. The van der Waals surface area contributed by atoms with Crippen LogP contribution in [0.15, 0.2) is 4.52 Å². The highest BCUT2D eigenvalue weighted by Gasteiger charge is 2.05. The molecule has 0 unspecified atom stereocenters. The molecule has 0 spiro atoms. The molecule has 1 heterocycles. The van der Waals surface area contributed by atoms with Gasteiger partial charge in [-0.15, -0.1) is 0 Å². The maximum Gasteiger partial charge on any atom is 0.240 e. The Labute approximate surface area is 87.7 Å². The van der Waals surface area contributed by atoms with Gasteiger partial charge in [0.2, 0.25) is 5.89 Å². The van der Waals surface area contributed by atoms with E-state index in [0.29, 0.717) is 17.6 Å². The highest BCUT2D eigenvalue weighted by atomic mass is 32.2. The van der Waals surface area contributed by atoms with Crippen LogP contribution in [0.1, 0.15) is 25.6 Å². The lowest BCUT2D eigenvalue weighted by atomic mass is 10.3. The Kier molecular flexibility index (Phi) is 4.47. The highest BCUT2D eigenvalue weighted by Crippen LogP contribution is 2.13. The van der Waals surface area contributed by atoms with E-state index in [2.05, 4.69) is 24.0 Å². The molecular weight excluding hydrogens is 198 g/mol. The van der Waals surface area contributed by atoms with Gasteiger partial charge in [-0.2, -0.15) is 22.0 Å². The fraction of sp³-hybridized carbons (Fsp3) is 0.667. The van der Waals surface area contributed by atoms with Crippen molar-refractivity contribution in [3.63, 3.8) is 0 Å². The molecule has 0 radical (unpaired) electrons. The van der Waals surface area contributed by atoms with E-state index in [1.54, 1.807) is 11.8 Å². The minimum absolute atomic E-state index is 0.196. The van der Waals surface area contributed by atoms with Crippen molar-refractivity contribution < 1.29 is 4.52 Å². The predicted octanol–water partition coefficient (Wildman–Crippen LogP) is 2.02. The second-order valence-electron chi connectivity index (χ2n) is 3.35. The van der Waals surface area contributed by atoms with Crippen LogP contribution >= 0.6 is 11.8 Å². The van der Waals surface area contributed by atoms with Crippen molar-refractivity contribution in [1.82, 2.24) is 10.1 Å². The molecule has 5 heteroatoms. The molecule has 14 heavy (non-hydrogen) atoms. The van der Waals surface area contributed by atoms with Crippen LogP contribution in [-0.4, -0.2) is 15.9 Å². The summed E-state index contributed by atoms with van der Waals surface area (Å²) in [5, 5.41) is 12.2. The van der Waals surface area contributed by atoms with Crippen LogP contribution in [0.3, 0.4) is 0 Å². The molecule has 1 aromatic rings. The number of hydrogen-bond donors (Lipinski definition) is 0. The van der Waals surface area contributed by atoms with Crippen molar-refractivity contribution in [2.75, 3.05) is 5.75 Å². The Balaban J connectivity index is 2.33. The average molecular weight is 211 g/mol. The first-order valence-corrected chi connectivity index (χ1v) is 5.64. The van der Waals surface area contributed by atoms with Crippen LogP contribution in [0.2, 0.25) is 0 Å². The number of aromatic nitrogens is 2. The number of thioether (sulfide) groups is 1. The van der Waals surface area contributed by atoms with Gasteiger partial charge >= 0.3 is 0 Å². The quantitative estimate of drug-likeness (QED) is 0.745. The summed E-state index contributed by atoms with van der Waals surface area (Å²) in [5.41, 5.74) is 0. The average Bonchev–Trinajstić information content (AvgIpc) is 2.53. The number of nitriles is 1. The van der Waals surface area contributed by atoms with Gasteiger partial charge in [-0.05, 0) is 11.7 Å². The molecule has 0 bridgehead atoms. The molecule has 0 aromatic carbocycles. The SMILES string of the molecule is CC(C)CSCc1noc(CC#N)n1. The standard InChI is InChI=1S/C9H13N3OS/c1-7(2)5-14-6-8-11-9(3-4-10)13-12-8/h7H,3,5-6H2,1-2H3. The lowest BCUT2D eigenvalue weighted by Crippen LogP contribution is -1.92. The van der Waals surface area contributed by atoms with Crippen molar-refractivity contribution in [3.05, 3.63) is 11.7 Å². The predicted molar refractivity (Wildman–Crippen MR) is 54.6 cm³/mol. The van der Waals surface area contributed by atoms with Crippen LogP contribution in [0.5, 0.6) is 0 Å². The molecule has 0 atom stereocenters. The van der Waals surface area contributed by atoms with Gasteiger partial charge in [0.15, 0.2) is 5.82 Å². The number of rotatable bonds is 5. The Hall–Kier alpha value is -1.02. The maximum atomic E-state index is 8.39. The fourth-order valence-electron chi connectivity index (χ4n) is 0.874. The third-order valence-corrected chi connectivity index (χ3v) is 2.79. The zero-order valence-corrected chi connectivity index (χ0v) is 9.17. The number of nitrogens with zero attached hydrogens (tertiary/aromatic N) is 3. The Morgan fingerprint density at radius 1 is 1.57 bits per heavy atom. The van der Waals surface area contributed by atoms with Gasteiger partial charge in [-0.3, -0.25) is 0 Å². The molecule has 0 saturated heterocycles. The smallest absolute Gasteiger partial charge is 0.240 e. The van der Waals surface area contributed by atoms with Crippen molar-refractivity contribution >= 4 is 11.8 Å². The van der Waals surface area contributed by atoms with E-state index < -0.39 is 0 Å². The van der Waals surface area contributed by atoms with Gasteiger partial charge in [-0.1, -0.05) is 19.0 Å². The van der Waals surface area contributed by atoms with Crippen LogP contribution < -0.4 is 0 Å². The molecule has 0 saturated carbocycles. The summed E-state index contributed by atoms with van der Waals surface area (Å²) in [6, 6.07) is 1.97. The summed E-state index contributed by atoms with van der Waals surface area (Å²) in [5.74, 6) is 3.61. The van der Waals surface area contributed by atoms with Crippen molar-refractivity contribution in [3.8, 4) is 6.07 Å². The van der Waals surface area contributed by atoms with E-state index >= 15 is 0 Å². The van der Waals surface area contributed by atoms with Crippen molar-refractivity contribution in [2.45, 2.75) is 26.0 Å². The normalized spacial score (nSPS) is 10.4. The molecule has 0 amide bonds. The molecule has 0 aliphatic heterocycles. The molecule has 0 aliphatic rings. The largest absolute Gasteiger partial charge is 0.338 e. The lowest BCUT2D eigenvalue weighted by molar-refractivity contribution is 0.383. The second-order valence-corrected chi connectivity index (χ2v) is 4.38. The van der Waals surface area contributed by atoms with Gasteiger partial charge in [0.1, 0.15) is 6.42 Å². The minimum Gasteiger partial charge on any atom is -0.338 e. The Morgan fingerprint density at radius 3 is 3.00 bits per heavy atom. The molecule has 0 N–H and O–H groups in total. The Morgan fingerprint density at radius 2 is 2.36 bits per heavy atom. The maximum absolute atomic E-state index is 8.39. The van der Waals surface area contributed by atoms with Gasteiger partial charge in [0, 0.05) is 0 Å². The summed E-state index contributed by atoms with van der Waals surface area (Å²) in [6.45, 7) is 4.34. The van der Waals surface area contributed by atoms with Crippen LogP contribution in [0.4, 0.5) is 0 Å². The molecule has 1 rings (SSSR count). The molecule has 0 fully saturated rings. The first-order chi connectivity index (χ1) is 6.72. The van der Waals surface area contributed by atoms with Crippen LogP contribution in [-0.2, 0) is 12.2 Å². The Bertz CT molecular complexity index is 316. The molecule has 4 nitrogen and oxygen atoms in total. The van der Waals surface area contributed by atoms with Gasteiger partial charge in [0.05, 0.1) is 11.8 Å². The van der Waals surface area contributed by atoms with Crippen molar-refractivity contribution in [1.29, 1.82) is 5.26 Å². The number of hydrogen-bond acceptors (Lipinski definition) is 5. The first-order valence-electron chi connectivity index (χ1n) is 4.48. The van der Waals surface area contributed by atoms with Gasteiger partial charge < -0.3 is 4.52 Å². The van der Waals surface area contributed by atoms with Gasteiger partial charge in [-0.25, -0.2) is 0 Å². The summed E-state index contributed by atoms with van der Waals surface area (Å²) < 4.78 is 4.87. The van der Waals surface area contributed by atoms with E-state index in [9.17, 15) is 0 Å². The van der Waals surface area contributed by atoms with Crippen LogP contribution in [0.25, 0.3) is 0 Å². The van der Waals surface area contributed by atoms with E-state index in [-0.39, 0.29) is 6.42 Å². The molecule has 0 aliphatic carbocycles. The summed E-state index contributed by atoms with van der Waals surface area (Å²) in [6.07, 6.45) is 0.196. The zero-order valence-electron chi connectivity index (χ0n) is 8.36. The third-order valence-electron chi connectivity index (χ3n) is 1.42. The topological polar surface area (TPSA) is 62.7 Å². The van der Waals surface area contributed by atoms with E-state index in [4.69, 9.17) is 9.78 Å². The monoisotopic (exact) mass is 211 g/mol. The summed E-state index contributed by atoms with van der Waals surface area (Å²) in [7, 11) is 0. The summed E-state index contributed by atoms with van der Waals surface area (Å²) >= 11 is 1.78. The highest BCUT2D eigenvalue weighted by molar-refractivity contribution is 7.98. The molecular formula is C9H13N3OS. The third kappa shape index (κ3) is 3.79. The van der Waals surface area contributed by atoms with E-state index in [1.807, 2.05) is 6.07 Å². The minimum atomic E-state index is 0.196. The van der Waals surface area contributed by atoms with E-state index in [0.717, 1.165) is 11.5 Å². The van der Waals surface area contributed by atoms with Crippen LogP contribution in [0, 0.1) is 17.2 Å². The zero-order chi connectivity index (χ0) is 10.4. The summed E-state index contributed by atoms with van der Waals surface area (Å²) in [4.78, 5) is 4.08. The first kappa shape index (κ1) is 11.1. The molecule has 76 valence electrons. The molecule has 1 aromatic heterocycles. The fourth-order valence-corrected chi connectivity index (χ4v) is 1.76. The van der Waals surface area contributed by atoms with Crippen molar-refractivity contribution in [2.24, 2.45) is 5.92 Å². The van der Waals surface area contributed by atoms with Gasteiger partial charge in [0.25, 0.3) is 0 Å². The van der Waals surface area contributed by atoms with E-state index in [1.165, 1.54) is 0 Å². The second kappa shape index (κ2) is 5.66.